The molecule has 0 bridgehead atoms. The molecule has 2 rings (SSSR count). The smallest absolute Gasteiger partial charge is 0.373 e. The molecule has 1 fully saturated rings. The van der Waals surface area contributed by atoms with Crippen molar-refractivity contribution in [3.05, 3.63) is 23.7 Å². The molecular weight excluding hydrogens is 240 g/mol. The van der Waals surface area contributed by atoms with Crippen molar-refractivity contribution in [2.45, 2.75) is 24.5 Å². The van der Waals surface area contributed by atoms with Crippen LogP contribution in [0.1, 0.15) is 40.4 Å². The van der Waals surface area contributed by atoms with Crippen molar-refractivity contribution in [3.63, 3.8) is 0 Å². The van der Waals surface area contributed by atoms with Crippen molar-refractivity contribution in [1.82, 2.24) is 0 Å². The summed E-state index contributed by atoms with van der Waals surface area (Å²) in [6.07, 6.45) is 3.13. The van der Waals surface area contributed by atoms with Gasteiger partial charge in [-0.15, -0.1) is 0 Å². The van der Waals surface area contributed by atoms with Crippen LogP contribution in [0.15, 0.2) is 16.5 Å². The number of furan rings is 1. The van der Waals surface area contributed by atoms with Crippen molar-refractivity contribution < 1.29 is 18.7 Å². The quantitative estimate of drug-likeness (QED) is 0.613. The van der Waals surface area contributed by atoms with E-state index in [4.69, 9.17) is 4.42 Å². The number of ether oxygens (including phenoxy) is 1. The van der Waals surface area contributed by atoms with Crippen LogP contribution >= 0.6 is 11.8 Å². The molecule has 92 valence electrons. The minimum Gasteiger partial charge on any atom is -0.463 e. The molecule has 4 nitrogen and oxygen atoms in total. The van der Waals surface area contributed by atoms with Gasteiger partial charge in [0.05, 0.1) is 12.4 Å². The first-order valence-electron chi connectivity index (χ1n) is 5.56. The second kappa shape index (κ2) is 5.40. The highest BCUT2D eigenvalue weighted by molar-refractivity contribution is 8.00. The first kappa shape index (κ1) is 12.2. The summed E-state index contributed by atoms with van der Waals surface area (Å²) in [6, 6.07) is 3.02. The van der Waals surface area contributed by atoms with Gasteiger partial charge in [-0.05, 0) is 30.7 Å². The van der Waals surface area contributed by atoms with Gasteiger partial charge in [0.1, 0.15) is 0 Å². The topological polar surface area (TPSA) is 56.5 Å². The third-order valence-corrected chi connectivity index (χ3v) is 4.08. The predicted octanol–water partition coefficient (Wildman–Crippen LogP) is 2.53. The van der Waals surface area contributed by atoms with E-state index in [1.165, 1.54) is 19.6 Å². The second-order valence-electron chi connectivity index (χ2n) is 3.87. The third-order valence-electron chi connectivity index (χ3n) is 2.71. The molecule has 0 amide bonds. The van der Waals surface area contributed by atoms with E-state index in [1.54, 1.807) is 17.8 Å². The summed E-state index contributed by atoms with van der Waals surface area (Å²) in [5.74, 6) is 0.771. The van der Waals surface area contributed by atoms with Gasteiger partial charge in [-0.2, -0.15) is 11.8 Å². The molecule has 0 saturated carbocycles. The lowest BCUT2D eigenvalue weighted by atomic mass is 10.1. The highest BCUT2D eigenvalue weighted by Crippen LogP contribution is 2.28. The summed E-state index contributed by atoms with van der Waals surface area (Å²) in [4.78, 5) is 23.3. The van der Waals surface area contributed by atoms with Crippen LogP contribution in [-0.2, 0) is 4.74 Å². The van der Waals surface area contributed by atoms with E-state index in [2.05, 4.69) is 4.74 Å². The van der Waals surface area contributed by atoms with Crippen LogP contribution in [0.5, 0.6) is 0 Å². The normalized spacial score (nSPS) is 19.9. The number of hydrogen-bond acceptors (Lipinski definition) is 5. The first-order chi connectivity index (χ1) is 8.22. The molecule has 17 heavy (non-hydrogen) atoms. The molecule has 1 atom stereocenters. The molecule has 1 unspecified atom stereocenters. The molecule has 0 radical (unpaired) electrons. The molecule has 5 heteroatoms. The Morgan fingerprint density at radius 3 is 2.76 bits per heavy atom. The van der Waals surface area contributed by atoms with Gasteiger partial charge in [0.2, 0.25) is 11.5 Å². The fourth-order valence-electron chi connectivity index (χ4n) is 1.79. The van der Waals surface area contributed by atoms with E-state index >= 15 is 0 Å². The lowest BCUT2D eigenvalue weighted by Crippen LogP contribution is -2.20. The fourth-order valence-corrected chi connectivity index (χ4v) is 3.04. The van der Waals surface area contributed by atoms with E-state index in [1.807, 2.05) is 0 Å². The van der Waals surface area contributed by atoms with Crippen LogP contribution in [0, 0.1) is 0 Å². The Kier molecular flexibility index (Phi) is 3.89. The third kappa shape index (κ3) is 2.72. The summed E-state index contributed by atoms with van der Waals surface area (Å²) < 4.78 is 9.74. The van der Waals surface area contributed by atoms with Gasteiger partial charge in [-0.3, -0.25) is 4.79 Å². The maximum absolute atomic E-state index is 12.1. The summed E-state index contributed by atoms with van der Waals surface area (Å²) in [5, 5.41) is -0.0274. The first-order valence-corrected chi connectivity index (χ1v) is 6.61. The van der Waals surface area contributed by atoms with E-state index in [-0.39, 0.29) is 22.6 Å². The van der Waals surface area contributed by atoms with Gasteiger partial charge in [0, 0.05) is 0 Å². The van der Waals surface area contributed by atoms with Crippen molar-refractivity contribution >= 4 is 23.5 Å². The second-order valence-corrected chi connectivity index (χ2v) is 5.19. The molecule has 0 spiro atoms. The van der Waals surface area contributed by atoms with Crippen LogP contribution in [0.3, 0.4) is 0 Å². The number of rotatable bonds is 3. The molecule has 0 aliphatic carbocycles. The van der Waals surface area contributed by atoms with Gasteiger partial charge < -0.3 is 9.15 Å². The van der Waals surface area contributed by atoms with Crippen molar-refractivity contribution in [2.24, 2.45) is 0 Å². The number of methoxy groups -OCH3 is 1. The molecule has 1 aliphatic rings. The summed E-state index contributed by atoms with van der Waals surface area (Å²) >= 11 is 1.66. The SMILES string of the molecule is COC(=O)c1ccc(C(=O)C2CCCCS2)o1. The van der Waals surface area contributed by atoms with E-state index in [9.17, 15) is 9.59 Å². The zero-order valence-corrected chi connectivity index (χ0v) is 10.4. The Morgan fingerprint density at radius 2 is 2.12 bits per heavy atom. The molecule has 1 aromatic rings. The average Bonchev–Trinajstić information content (AvgIpc) is 2.87. The number of carbonyl (C=O) groups is 2. The van der Waals surface area contributed by atoms with Crippen LogP contribution in [0.25, 0.3) is 0 Å². The maximum atomic E-state index is 12.1. The summed E-state index contributed by atoms with van der Waals surface area (Å²) in [6.45, 7) is 0. The molecule has 0 aromatic carbocycles. The van der Waals surface area contributed by atoms with Crippen LogP contribution in [0.2, 0.25) is 0 Å². The van der Waals surface area contributed by atoms with E-state index in [0.29, 0.717) is 0 Å². The lowest BCUT2D eigenvalue weighted by Gasteiger charge is -2.18. The summed E-state index contributed by atoms with van der Waals surface area (Å²) in [5.41, 5.74) is 0. The van der Waals surface area contributed by atoms with Gasteiger partial charge in [-0.1, -0.05) is 6.42 Å². The number of hydrogen-bond donors (Lipinski definition) is 0. The predicted molar refractivity (Wildman–Crippen MR) is 64.5 cm³/mol. The molecule has 2 heterocycles. The Labute approximate surface area is 104 Å². The minimum atomic E-state index is -0.555. The monoisotopic (exact) mass is 254 g/mol. The van der Waals surface area contributed by atoms with Crippen molar-refractivity contribution in [3.8, 4) is 0 Å². The maximum Gasteiger partial charge on any atom is 0.373 e. The molecule has 0 N–H and O–H groups in total. The molecular formula is C12H14O4S. The largest absolute Gasteiger partial charge is 0.463 e. The van der Waals surface area contributed by atoms with Crippen LogP contribution < -0.4 is 0 Å². The van der Waals surface area contributed by atoms with Crippen molar-refractivity contribution in [1.29, 1.82) is 0 Å². The highest BCUT2D eigenvalue weighted by Gasteiger charge is 2.26. The van der Waals surface area contributed by atoms with Gasteiger partial charge in [0.25, 0.3) is 0 Å². The Morgan fingerprint density at radius 1 is 1.35 bits per heavy atom. The molecule has 1 saturated heterocycles. The molecule has 1 aromatic heterocycles. The minimum absolute atomic E-state index is 0.0233. The number of carbonyl (C=O) groups excluding carboxylic acids is 2. The Bertz CT molecular complexity index is 418. The van der Waals surface area contributed by atoms with Gasteiger partial charge in [-0.25, -0.2) is 4.79 Å². The van der Waals surface area contributed by atoms with Crippen molar-refractivity contribution in [2.75, 3.05) is 12.9 Å². The van der Waals surface area contributed by atoms with E-state index in [0.717, 1.165) is 18.6 Å². The lowest BCUT2D eigenvalue weighted by molar-refractivity contribution is 0.0563. The van der Waals surface area contributed by atoms with Gasteiger partial charge in [0.15, 0.2) is 5.76 Å². The number of ketones is 1. The summed E-state index contributed by atoms with van der Waals surface area (Å²) in [7, 11) is 1.28. The number of Topliss-reactive ketones (excluding diaryl/α,β-unsaturated/α-hetero) is 1. The van der Waals surface area contributed by atoms with Crippen LogP contribution in [-0.4, -0.2) is 29.9 Å². The Hall–Kier alpha value is -1.23. The fraction of sp³-hybridized carbons (Fsp3) is 0.500. The molecule has 1 aliphatic heterocycles. The van der Waals surface area contributed by atoms with E-state index < -0.39 is 5.97 Å². The zero-order chi connectivity index (χ0) is 12.3. The number of esters is 1. The number of thioether (sulfide) groups is 1. The van der Waals surface area contributed by atoms with Crippen LogP contribution in [0.4, 0.5) is 0 Å². The Balaban J connectivity index is 2.08. The highest BCUT2D eigenvalue weighted by atomic mass is 32.2. The zero-order valence-electron chi connectivity index (χ0n) is 9.60. The standard InChI is InChI=1S/C12H14O4S/c1-15-12(14)9-6-5-8(16-9)11(13)10-4-2-3-7-17-10/h5-6,10H,2-4,7H2,1H3. The average molecular weight is 254 g/mol. The van der Waals surface area contributed by atoms with Gasteiger partial charge >= 0.3 is 5.97 Å².